The number of nitrogens with one attached hydrogen (secondary N) is 1. The van der Waals surface area contributed by atoms with Crippen molar-refractivity contribution in [3.05, 3.63) is 0 Å². The molecule has 2 fully saturated rings. The van der Waals surface area contributed by atoms with Crippen LogP contribution in [0.4, 0.5) is 0 Å². The number of hydrogen-bond donors (Lipinski definition) is 2. The molecule has 3 heteroatoms. The summed E-state index contributed by atoms with van der Waals surface area (Å²) < 4.78 is 0. The van der Waals surface area contributed by atoms with E-state index in [4.69, 9.17) is 5.11 Å². The molecule has 0 aromatic rings. The molecule has 0 saturated carbocycles. The van der Waals surface area contributed by atoms with Gasteiger partial charge in [0.25, 0.3) is 0 Å². The number of unbranched alkanes of at least 4 members (excludes halogenated alkanes) is 3. The quantitative estimate of drug-likeness (QED) is 0.640. The van der Waals surface area contributed by atoms with Crippen LogP contribution in [0, 0.1) is 5.92 Å². The average molecular weight is 212 g/mol. The fraction of sp³-hybridized carbons (Fsp3) is 1.00. The maximum Gasteiger partial charge on any atom is 0.0431 e. The van der Waals surface area contributed by atoms with Gasteiger partial charge in [-0.2, -0.15) is 0 Å². The van der Waals surface area contributed by atoms with E-state index in [1.807, 2.05) is 0 Å². The predicted molar refractivity (Wildman–Crippen MR) is 61.9 cm³/mol. The molecule has 0 radical (unpaired) electrons. The van der Waals surface area contributed by atoms with E-state index in [0.29, 0.717) is 6.61 Å². The molecule has 0 aromatic carbocycles. The van der Waals surface area contributed by atoms with Crippen LogP contribution in [0.3, 0.4) is 0 Å². The van der Waals surface area contributed by atoms with Gasteiger partial charge in [-0.25, -0.2) is 0 Å². The van der Waals surface area contributed by atoms with E-state index in [0.717, 1.165) is 18.4 Å². The minimum Gasteiger partial charge on any atom is -0.396 e. The fourth-order valence-electron chi connectivity index (χ4n) is 2.92. The zero-order valence-corrected chi connectivity index (χ0v) is 9.62. The van der Waals surface area contributed by atoms with E-state index >= 15 is 0 Å². The monoisotopic (exact) mass is 212 g/mol. The lowest BCUT2D eigenvalue weighted by Crippen LogP contribution is -2.30. The van der Waals surface area contributed by atoms with Gasteiger partial charge in [-0.3, -0.25) is 0 Å². The minimum absolute atomic E-state index is 0.359. The lowest BCUT2D eigenvalue weighted by atomic mass is 10.1. The first-order chi connectivity index (χ1) is 7.40. The number of nitrogens with zero attached hydrogens (tertiary/aromatic N) is 1. The van der Waals surface area contributed by atoms with Crippen LogP contribution < -0.4 is 5.32 Å². The van der Waals surface area contributed by atoms with E-state index in [-0.39, 0.29) is 0 Å². The number of rotatable bonds is 6. The lowest BCUT2D eigenvalue weighted by Gasteiger charge is -2.16. The SMILES string of the molecule is OCCCCCCN1C[C@@H]2CCN[C@@H]2C1. The predicted octanol–water partition coefficient (Wildman–Crippen LogP) is 0.833. The topological polar surface area (TPSA) is 35.5 Å². The van der Waals surface area contributed by atoms with Gasteiger partial charge in [0, 0.05) is 25.7 Å². The number of fused-ring (bicyclic) bond motifs is 1. The Morgan fingerprint density at radius 1 is 1.13 bits per heavy atom. The fourth-order valence-corrected chi connectivity index (χ4v) is 2.92. The second kappa shape index (κ2) is 5.83. The van der Waals surface area contributed by atoms with Crippen LogP contribution in [-0.2, 0) is 0 Å². The van der Waals surface area contributed by atoms with Crippen LogP contribution in [0.2, 0.25) is 0 Å². The summed E-state index contributed by atoms with van der Waals surface area (Å²) in [5.41, 5.74) is 0. The standard InChI is InChI=1S/C12H24N2O/c15-8-4-2-1-3-7-14-9-11-5-6-13-12(11)10-14/h11-13,15H,1-10H2/t11-,12+/m0/s1. The summed E-state index contributed by atoms with van der Waals surface area (Å²) in [4.78, 5) is 2.61. The summed E-state index contributed by atoms with van der Waals surface area (Å²) in [6, 6.07) is 0.794. The second-order valence-electron chi connectivity index (χ2n) is 5.01. The highest BCUT2D eigenvalue weighted by molar-refractivity contribution is 4.93. The first kappa shape index (κ1) is 11.4. The second-order valence-corrected chi connectivity index (χ2v) is 5.01. The molecule has 2 N–H and O–H groups in total. The van der Waals surface area contributed by atoms with Crippen LogP contribution in [0.15, 0.2) is 0 Å². The molecule has 0 aliphatic carbocycles. The minimum atomic E-state index is 0.359. The molecular weight excluding hydrogens is 188 g/mol. The molecule has 2 rings (SSSR count). The number of hydrogen-bond acceptors (Lipinski definition) is 3. The Morgan fingerprint density at radius 3 is 2.80 bits per heavy atom. The van der Waals surface area contributed by atoms with Crippen molar-refractivity contribution >= 4 is 0 Å². The van der Waals surface area contributed by atoms with E-state index in [2.05, 4.69) is 10.2 Å². The molecule has 0 aromatic heterocycles. The molecule has 2 atom stereocenters. The first-order valence-corrected chi connectivity index (χ1v) is 6.47. The highest BCUT2D eigenvalue weighted by Gasteiger charge is 2.35. The Bertz CT molecular complexity index is 174. The molecule has 0 unspecified atom stereocenters. The van der Waals surface area contributed by atoms with Gasteiger partial charge >= 0.3 is 0 Å². The number of likely N-dealkylation sites (tertiary alicyclic amines) is 1. The molecule has 2 heterocycles. The number of aliphatic hydroxyl groups is 1. The lowest BCUT2D eigenvalue weighted by molar-refractivity contribution is 0.275. The van der Waals surface area contributed by atoms with Crippen LogP contribution >= 0.6 is 0 Å². The highest BCUT2D eigenvalue weighted by atomic mass is 16.2. The van der Waals surface area contributed by atoms with Crippen LogP contribution in [0.1, 0.15) is 32.1 Å². The van der Waals surface area contributed by atoms with Crippen molar-refractivity contribution in [2.24, 2.45) is 5.92 Å². The summed E-state index contributed by atoms with van der Waals surface area (Å²) in [7, 11) is 0. The third kappa shape index (κ3) is 3.16. The van der Waals surface area contributed by atoms with Gasteiger partial charge in [0.05, 0.1) is 0 Å². The highest BCUT2D eigenvalue weighted by Crippen LogP contribution is 2.24. The Kier molecular flexibility index (Phi) is 4.42. The summed E-state index contributed by atoms with van der Waals surface area (Å²) >= 11 is 0. The van der Waals surface area contributed by atoms with Crippen molar-refractivity contribution in [3.63, 3.8) is 0 Å². The van der Waals surface area contributed by atoms with E-state index in [9.17, 15) is 0 Å². The van der Waals surface area contributed by atoms with Gasteiger partial charge in [-0.05, 0) is 38.3 Å². The normalized spacial score (nSPS) is 31.0. The Hall–Kier alpha value is -0.120. The molecule has 88 valence electrons. The summed E-state index contributed by atoms with van der Waals surface area (Å²) in [5, 5.41) is 12.3. The molecule has 2 saturated heterocycles. The van der Waals surface area contributed by atoms with Crippen molar-refractivity contribution in [3.8, 4) is 0 Å². The number of aliphatic hydroxyl groups excluding tert-OH is 1. The molecule has 0 spiro atoms. The maximum atomic E-state index is 8.67. The summed E-state index contributed by atoms with van der Waals surface area (Å²) in [6.07, 6.45) is 6.13. The van der Waals surface area contributed by atoms with Gasteiger partial charge < -0.3 is 15.3 Å². The summed E-state index contributed by atoms with van der Waals surface area (Å²) in [6.45, 7) is 5.44. The Labute approximate surface area is 92.8 Å². The summed E-state index contributed by atoms with van der Waals surface area (Å²) in [5.74, 6) is 0.933. The van der Waals surface area contributed by atoms with Crippen LogP contribution in [0.25, 0.3) is 0 Å². The van der Waals surface area contributed by atoms with Crippen molar-refractivity contribution in [1.82, 2.24) is 10.2 Å². The van der Waals surface area contributed by atoms with Gasteiger partial charge in [0.1, 0.15) is 0 Å². The molecule has 2 aliphatic heterocycles. The zero-order valence-electron chi connectivity index (χ0n) is 9.62. The molecular formula is C12H24N2O. The molecule has 0 bridgehead atoms. The third-order valence-electron chi connectivity index (χ3n) is 3.82. The smallest absolute Gasteiger partial charge is 0.0431 e. The van der Waals surface area contributed by atoms with Crippen LogP contribution in [-0.4, -0.2) is 48.8 Å². The molecule has 15 heavy (non-hydrogen) atoms. The Balaban J connectivity index is 1.53. The molecule has 0 amide bonds. The largest absolute Gasteiger partial charge is 0.396 e. The zero-order chi connectivity index (χ0) is 10.5. The first-order valence-electron chi connectivity index (χ1n) is 6.47. The van der Waals surface area contributed by atoms with E-state index < -0.39 is 0 Å². The van der Waals surface area contributed by atoms with Gasteiger partial charge in [0.15, 0.2) is 0 Å². The maximum absolute atomic E-state index is 8.67. The Morgan fingerprint density at radius 2 is 2.00 bits per heavy atom. The average Bonchev–Trinajstić information content (AvgIpc) is 2.77. The van der Waals surface area contributed by atoms with Gasteiger partial charge in [-0.15, -0.1) is 0 Å². The van der Waals surface area contributed by atoms with Crippen molar-refractivity contribution < 1.29 is 5.11 Å². The molecule has 2 aliphatic rings. The van der Waals surface area contributed by atoms with Crippen molar-refractivity contribution in [2.45, 2.75) is 38.1 Å². The van der Waals surface area contributed by atoms with E-state index in [1.165, 1.54) is 51.9 Å². The van der Waals surface area contributed by atoms with Crippen molar-refractivity contribution in [2.75, 3.05) is 32.8 Å². The molecule has 3 nitrogen and oxygen atoms in total. The third-order valence-corrected chi connectivity index (χ3v) is 3.82. The van der Waals surface area contributed by atoms with E-state index in [1.54, 1.807) is 0 Å². The van der Waals surface area contributed by atoms with Crippen LogP contribution in [0.5, 0.6) is 0 Å². The van der Waals surface area contributed by atoms with Crippen molar-refractivity contribution in [1.29, 1.82) is 0 Å². The van der Waals surface area contributed by atoms with Gasteiger partial charge in [0.2, 0.25) is 0 Å². The van der Waals surface area contributed by atoms with Gasteiger partial charge in [-0.1, -0.05) is 12.8 Å².